The van der Waals surface area contributed by atoms with E-state index in [2.05, 4.69) is 11.9 Å². The highest BCUT2D eigenvalue weighted by Gasteiger charge is 1.98. The monoisotopic (exact) mass is 137 g/mol. The van der Waals surface area contributed by atoms with Crippen molar-refractivity contribution in [3.8, 4) is 0 Å². The van der Waals surface area contributed by atoms with Crippen LogP contribution in [0.5, 0.6) is 0 Å². The second kappa shape index (κ2) is 2.52. The molecule has 0 aromatic carbocycles. The van der Waals surface area contributed by atoms with E-state index in [4.69, 9.17) is 7.85 Å². The molecule has 3 heteroatoms. The minimum atomic E-state index is 0.854. The molecule has 0 N–H and O–H groups in total. The third-order valence-electron chi connectivity index (χ3n) is 1.18. The maximum Gasteiger partial charge on any atom is 0.131 e. The first-order chi connectivity index (χ1) is 4.24. The van der Waals surface area contributed by atoms with E-state index < -0.39 is 0 Å². The van der Waals surface area contributed by atoms with Crippen LogP contribution in [-0.4, -0.2) is 12.8 Å². The van der Waals surface area contributed by atoms with Gasteiger partial charge in [-0.1, -0.05) is 6.92 Å². The molecule has 1 aromatic heterocycles. The molecule has 0 saturated heterocycles. The third kappa shape index (κ3) is 1.33. The van der Waals surface area contributed by atoms with Crippen LogP contribution in [0.4, 0.5) is 0 Å². The molecule has 2 radical (unpaired) electrons. The number of hydrogen-bond acceptors (Lipinski definition) is 2. The molecule has 0 unspecified atom stereocenters. The van der Waals surface area contributed by atoms with E-state index in [-0.39, 0.29) is 0 Å². The van der Waals surface area contributed by atoms with Crippen molar-refractivity contribution in [3.05, 3.63) is 10.7 Å². The molecule has 0 aliphatic carbocycles. The fraction of sp³-hybridized carbons (Fsp3) is 0.500. The van der Waals surface area contributed by atoms with Crippen molar-refractivity contribution in [2.24, 2.45) is 0 Å². The molecule has 46 valence electrons. The van der Waals surface area contributed by atoms with Gasteiger partial charge in [0.15, 0.2) is 0 Å². The summed E-state index contributed by atoms with van der Waals surface area (Å²) < 4.78 is 0.854. The Kier molecular flexibility index (Phi) is 1.91. The molecule has 0 aliphatic heterocycles. The smallest absolute Gasteiger partial charge is 0.131 e. The molecule has 1 nitrogen and oxygen atoms in total. The summed E-state index contributed by atoms with van der Waals surface area (Å²) in [7, 11) is 5.57. The third-order valence-corrected chi connectivity index (χ3v) is 2.31. The van der Waals surface area contributed by atoms with Crippen molar-refractivity contribution in [2.45, 2.75) is 20.3 Å². The van der Waals surface area contributed by atoms with Crippen LogP contribution in [0.1, 0.15) is 17.6 Å². The van der Waals surface area contributed by atoms with E-state index in [1.54, 1.807) is 11.3 Å². The Balaban J connectivity index is 2.98. The summed E-state index contributed by atoms with van der Waals surface area (Å²) in [5.74, 6) is 0. The average Bonchev–Trinajstić information content (AvgIpc) is 2.13. The molecular formula is C6H8BNS. The van der Waals surface area contributed by atoms with Gasteiger partial charge in [0.05, 0.1) is 5.01 Å². The first-order valence-electron chi connectivity index (χ1n) is 2.95. The number of thiazole rings is 1. The Morgan fingerprint density at radius 3 is 2.56 bits per heavy atom. The number of aryl methyl sites for hydroxylation is 2. The summed E-state index contributed by atoms with van der Waals surface area (Å²) in [5.41, 5.74) is 0.969. The molecule has 9 heavy (non-hydrogen) atoms. The Bertz CT molecular complexity index is 187. The van der Waals surface area contributed by atoms with Gasteiger partial charge in [-0.05, 0) is 18.1 Å². The van der Waals surface area contributed by atoms with Gasteiger partial charge in [-0.15, -0.1) is 11.3 Å². The van der Waals surface area contributed by atoms with Gasteiger partial charge in [-0.25, -0.2) is 4.98 Å². The van der Waals surface area contributed by atoms with Gasteiger partial charge in [-0.2, -0.15) is 0 Å². The van der Waals surface area contributed by atoms with Gasteiger partial charge in [0.1, 0.15) is 7.85 Å². The van der Waals surface area contributed by atoms with Crippen LogP contribution >= 0.6 is 11.3 Å². The molecular weight excluding hydrogens is 129 g/mol. The van der Waals surface area contributed by atoms with Crippen LogP contribution in [0.3, 0.4) is 0 Å². The molecule has 1 rings (SSSR count). The summed E-state index contributed by atoms with van der Waals surface area (Å²) in [6.07, 6.45) is 0.989. The molecule has 0 amide bonds. The minimum absolute atomic E-state index is 0.854. The topological polar surface area (TPSA) is 12.9 Å². The molecule has 1 heterocycles. The van der Waals surface area contributed by atoms with Gasteiger partial charge in [0.2, 0.25) is 0 Å². The Morgan fingerprint density at radius 2 is 2.33 bits per heavy atom. The maximum atomic E-state index is 5.57. The first kappa shape index (κ1) is 6.81. The second-order valence-electron chi connectivity index (χ2n) is 1.91. The Hall–Kier alpha value is -0.305. The summed E-state index contributed by atoms with van der Waals surface area (Å²) in [6, 6.07) is 0. The van der Waals surface area contributed by atoms with Crippen LogP contribution in [0, 0.1) is 6.92 Å². The van der Waals surface area contributed by atoms with E-state index in [0.29, 0.717) is 0 Å². The highest BCUT2D eigenvalue weighted by atomic mass is 32.1. The van der Waals surface area contributed by atoms with Crippen molar-refractivity contribution in [1.82, 2.24) is 4.98 Å². The molecule has 1 aromatic rings. The molecule has 0 spiro atoms. The predicted molar refractivity (Wildman–Crippen MR) is 41.6 cm³/mol. The van der Waals surface area contributed by atoms with E-state index >= 15 is 0 Å². The highest BCUT2D eigenvalue weighted by Crippen LogP contribution is 2.04. The number of aromatic nitrogens is 1. The van der Waals surface area contributed by atoms with Crippen LogP contribution in [0.25, 0.3) is 0 Å². The van der Waals surface area contributed by atoms with Gasteiger partial charge in [0, 0.05) is 5.69 Å². The molecule has 0 aliphatic rings. The van der Waals surface area contributed by atoms with Gasteiger partial charge >= 0.3 is 0 Å². The standard InChI is InChI=1S/C6H8BNS/c1-3-5-8-4(2)6(7)9-5/h3H2,1-2H3. The zero-order valence-corrected chi connectivity index (χ0v) is 6.46. The van der Waals surface area contributed by atoms with E-state index in [1.165, 1.54) is 0 Å². The number of rotatable bonds is 1. The zero-order chi connectivity index (χ0) is 6.85. The van der Waals surface area contributed by atoms with E-state index in [1.807, 2.05) is 6.92 Å². The quantitative estimate of drug-likeness (QED) is 0.522. The average molecular weight is 137 g/mol. The van der Waals surface area contributed by atoms with Gasteiger partial charge in [0.25, 0.3) is 0 Å². The van der Waals surface area contributed by atoms with Crippen molar-refractivity contribution in [2.75, 3.05) is 0 Å². The van der Waals surface area contributed by atoms with Crippen molar-refractivity contribution < 1.29 is 0 Å². The van der Waals surface area contributed by atoms with Crippen LogP contribution in [-0.2, 0) is 6.42 Å². The van der Waals surface area contributed by atoms with Crippen molar-refractivity contribution in [1.29, 1.82) is 0 Å². The first-order valence-corrected chi connectivity index (χ1v) is 3.77. The SMILES string of the molecule is [B]c1sc(CC)nc1C. The lowest BCUT2D eigenvalue weighted by Gasteiger charge is -1.79. The maximum absolute atomic E-state index is 5.57. The summed E-state index contributed by atoms with van der Waals surface area (Å²) in [5, 5.41) is 1.13. The summed E-state index contributed by atoms with van der Waals surface area (Å²) >= 11 is 1.58. The fourth-order valence-corrected chi connectivity index (χ4v) is 1.39. The number of hydrogen-bond donors (Lipinski definition) is 0. The summed E-state index contributed by atoms with van der Waals surface area (Å²) in [6.45, 7) is 4.02. The fourth-order valence-electron chi connectivity index (χ4n) is 0.617. The lowest BCUT2D eigenvalue weighted by atomic mass is 10.1. The van der Waals surface area contributed by atoms with Gasteiger partial charge in [-0.3, -0.25) is 0 Å². The predicted octanol–water partition coefficient (Wildman–Crippen LogP) is 0.808. The second-order valence-corrected chi connectivity index (χ2v) is 3.03. The van der Waals surface area contributed by atoms with E-state index in [9.17, 15) is 0 Å². The largest absolute Gasteiger partial charge is 0.247 e. The number of nitrogens with zero attached hydrogens (tertiary/aromatic N) is 1. The van der Waals surface area contributed by atoms with E-state index in [0.717, 1.165) is 21.9 Å². The van der Waals surface area contributed by atoms with Crippen molar-refractivity contribution >= 4 is 24.0 Å². The summed E-state index contributed by atoms with van der Waals surface area (Å²) in [4.78, 5) is 4.22. The minimum Gasteiger partial charge on any atom is -0.247 e. The molecule has 0 bridgehead atoms. The molecule has 0 saturated carbocycles. The lowest BCUT2D eigenvalue weighted by molar-refractivity contribution is 1.07. The zero-order valence-electron chi connectivity index (χ0n) is 5.64. The lowest BCUT2D eigenvalue weighted by Crippen LogP contribution is -1.97. The molecule has 0 fully saturated rings. The van der Waals surface area contributed by atoms with Gasteiger partial charge < -0.3 is 0 Å². The van der Waals surface area contributed by atoms with Crippen LogP contribution < -0.4 is 4.78 Å². The highest BCUT2D eigenvalue weighted by molar-refractivity contribution is 7.19. The Labute approximate surface area is 60.5 Å². The Morgan fingerprint density at radius 1 is 1.67 bits per heavy atom. The van der Waals surface area contributed by atoms with Crippen LogP contribution in [0.2, 0.25) is 0 Å². The van der Waals surface area contributed by atoms with Crippen LogP contribution in [0.15, 0.2) is 0 Å². The van der Waals surface area contributed by atoms with Crippen molar-refractivity contribution in [3.63, 3.8) is 0 Å². The molecule has 0 atom stereocenters. The normalized spacial score (nSPS) is 10.0.